The van der Waals surface area contributed by atoms with Crippen LogP contribution in [0.2, 0.25) is 18.1 Å². The second kappa shape index (κ2) is 16.0. The van der Waals surface area contributed by atoms with E-state index in [4.69, 9.17) is 15.1 Å². The minimum atomic E-state index is -5.65. The summed E-state index contributed by atoms with van der Waals surface area (Å²) < 4.78 is 139. The van der Waals surface area contributed by atoms with Crippen molar-refractivity contribution in [1.29, 1.82) is 0 Å². The topological polar surface area (TPSA) is 89.5 Å². The molecule has 0 heterocycles. The third-order valence-electron chi connectivity index (χ3n) is 8.18. The van der Waals surface area contributed by atoms with Crippen LogP contribution in [0, 0.1) is 5.92 Å². The lowest BCUT2D eigenvalue weighted by Crippen LogP contribution is -2.68. The molecule has 1 N–H and O–H groups in total. The molecule has 1 aliphatic carbocycles. The molecule has 0 spiro atoms. The van der Waals surface area contributed by atoms with Crippen molar-refractivity contribution in [2.75, 3.05) is 0 Å². The molecular formula is C29H40ClF6NO5S2Si. The Morgan fingerprint density at radius 3 is 1.49 bits per heavy atom. The lowest BCUT2D eigenvalue weighted by atomic mass is 9.74. The van der Waals surface area contributed by atoms with Crippen LogP contribution < -0.4 is 4.72 Å². The zero-order chi connectivity index (χ0) is 34.2. The highest BCUT2D eigenvalue weighted by Crippen LogP contribution is 2.56. The summed E-state index contributed by atoms with van der Waals surface area (Å²) in [5.41, 5.74) is -3.00. The first-order valence-electron chi connectivity index (χ1n) is 14.6. The van der Waals surface area contributed by atoms with E-state index < -0.39 is 70.1 Å². The van der Waals surface area contributed by atoms with Crippen molar-refractivity contribution >= 4 is 38.1 Å². The molecule has 1 saturated carbocycles. The predicted molar refractivity (Wildman–Crippen MR) is 166 cm³/mol. The van der Waals surface area contributed by atoms with Crippen LogP contribution in [-0.4, -0.2) is 49.1 Å². The van der Waals surface area contributed by atoms with E-state index in [-0.39, 0.29) is 42.5 Å². The number of hydrogen-bond donors (Lipinski definition) is 1. The lowest BCUT2D eigenvalue weighted by Gasteiger charge is -2.49. The maximum absolute atomic E-state index is 14.3. The summed E-state index contributed by atoms with van der Waals surface area (Å²) in [5, 5.41) is 0. The first-order chi connectivity index (χ1) is 20.7. The van der Waals surface area contributed by atoms with Gasteiger partial charge in [0.1, 0.15) is 0 Å². The molecule has 45 heavy (non-hydrogen) atoms. The number of hydrogen-bond acceptors (Lipinski definition) is 5. The average molecular weight is 724 g/mol. The number of sulfonamides is 1. The Morgan fingerprint density at radius 2 is 1.13 bits per heavy atom. The van der Waals surface area contributed by atoms with Gasteiger partial charge in [0.15, 0.2) is 8.32 Å². The van der Waals surface area contributed by atoms with Crippen LogP contribution >= 0.6 is 10.7 Å². The van der Waals surface area contributed by atoms with E-state index in [1.54, 1.807) is 75.4 Å². The van der Waals surface area contributed by atoms with Crippen molar-refractivity contribution in [3.8, 4) is 0 Å². The number of benzene rings is 2. The molecule has 0 atom stereocenters. The molecule has 256 valence electrons. The zero-order valence-corrected chi connectivity index (χ0v) is 28.7. The van der Waals surface area contributed by atoms with Gasteiger partial charge in [-0.15, -0.1) is 0 Å². The Hall–Kier alpha value is -1.65. The Balaban J connectivity index is 0.000000537. The highest BCUT2D eigenvalue weighted by atomic mass is 35.7. The lowest BCUT2D eigenvalue weighted by molar-refractivity contribution is -0.380. The van der Waals surface area contributed by atoms with Gasteiger partial charge in [0.2, 0.25) is 19.1 Å². The molecule has 1 aliphatic rings. The van der Waals surface area contributed by atoms with Gasteiger partial charge in [0.05, 0.1) is 11.5 Å². The highest BCUT2D eigenvalue weighted by Gasteiger charge is 2.76. The number of halogens is 7. The van der Waals surface area contributed by atoms with Crippen molar-refractivity contribution in [2.45, 2.75) is 100 Å². The summed E-state index contributed by atoms with van der Waals surface area (Å²) in [4.78, 5) is 0. The Bertz CT molecular complexity index is 1380. The third kappa shape index (κ3) is 11.2. The molecule has 16 heteroatoms. The molecule has 2 aromatic rings. The van der Waals surface area contributed by atoms with Crippen molar-refractivity contribution < 1.29 is 47.6 Å². The van der Waals surface area contributed by atoms with Crippen LogP contribution in [0.15, 0.2) is 60.7 Å². The third-order valence-corrected chi connectivity index (χ3v) is 15.2. The van der Waals surface area contributed by atoms with E-state index >= 15 is 0 Å². The summed E-state index contributed by atoms with van der Waals surface area (Å²) in [6.45, 7) is 4.74. The van der Waals surface area contributed by atoms with Gasteiger partial charge in [-0.25, -0.2) is 21.6 Å². The molecule has 0 aromatic heterocycles. The molecule has 6 nitrogen and oxygen atoms in total. The van der Waals surface area contributed by atoms with Gasteiger partial charge in [0.25, 0.3) is 5.60 Å². The zero-order valence-electron chi connectivity index (χ0n) is 25.3. The van der Waals surface area contributed by atoms with Gasteiger partial charge < -0.3 is 4.43 Å². The first-order valence-corrected chi connectivity index (χ1v) is 21.2. The smallest absolute Gasteiger partial charge is 0.396 e. The Morgan fingerprint density at radius 1 is 0.733 bits per heavy atom. The minimum absolute atomic E-state index is 0.102. The second-order valence-corrected chi connectivity index (χ2v) is 20.4. The van der Waals surface area contributed by atoms with Crippen molar-refractivity contribution in [1.82, 2.24) is 4.72 Å². The summed E-state index contributed by atoms with van der Waals surface area (Å²) in [5.74, 6) is -2.25. The van der Waals surface area contributed by atoms with Crippen molar-refractivity contribution in [2.24, 2.45) is 5.92 Å². The van der Waals surface area contributed by atoms with E-state index in [9.17, 15) is 43.2 Å². The molecular weight excluding hydrogens is 684 g/mol. The first kappa shape index (κ1) is 39.5. The molecule has 3 rings (SSSR count). The fourth-order valence-electron chi connectivity index (χ4n) is 5.61. The molecule has 0 aliphatic heterocycles. The molecule has 0 radical (unpaired) electrons. The number of rotatable bonds is 12. The van der Waals surface area contributed by atoms with Gasteiger partial charge in [-0.05, 0) is 54.9 Å². The van der Waals surface area contributed by atoms with Crippen LogP contribution in [0.1, 0.15) is 57.6 Å². The SMILES string of the molecule is CC[Si](CC)(CC)OC(C1CCC(NS(=O)(=O)Cc2ccccc2)CC1)(C(F)(F)F)C(F)(F)F.O=S(=O)(Cl)Cc1ccccc1. The minimum Gasteiger partial charge on any atom is -0.396 e. The second-order valence-electron chi connectivity index (χ2n) is 11.2. The standard InChI is InChI=1S/C22H33F6NO3SSi.C7H7ClO2S/c1-4-34(5-2,6-3)32-20(21(23,24)25,22(26,27)28)18-12-14-19(15-13-18)29-33(30,31)16-17-10-8-7-9-11-17;8-11(9,10)6-7-4-2-1-3-5-7/h7-11,18-19,29H,4-6,12-16H2,1-3H3;1-5H,6H2. The summed E-state index contributed by atoms with van der Waals surface area (Å²) in [7, 11) is -5.47. The normalized spacial score (nSPS) is 18.6. The van der Waals surface area contributed by atoms with E-state index in [0.717, 1.165) is 0 Å². The Kier molecular flexibility index (Phi) is 14.0. The molecule has 0 unspecified atom stereocenters. The van der Waals surface area contributed by atoms with Crippen LogP contribution in [0.4, 0.5) is 26.3 Å². The van der Waals surface area contributed by atoms with Gasteiger partial charge >= 0.3 is 12.4 Å². The molecule has 0 bridgehead atoms. The van der Waals surface area contributed by atoms with E-state index in [1.807, 2.05) is 6.07 Å². The largest absolute Gasteiger partial charge is 0.425 e. The number of alkyl halides is 6. The van der Waals surface area contributed by atoms with Gasteiger partial charge in [0, 0.05) is 22.6 Å². The van der Waals surface area contributed by atoms with Gasteiger partial charge in [-0.1, -0.05) is 81.4 Å². The van der Waals surface area contributed by atoms with E-state index in [0.29, 0.717) is 11.1 Å². The fraction of sp³-hybridized carbons (Fsp3) is 0.586. The quantitative estimate of drug-likeness (QED) is 0.135. The predicted octanol–water partition coefficient (Wildman–Crippen LogP) is 8.31. The van der Waals surface area contributed by atoms with Gasteiger partial charge in [-0.3, -0.25) is 0 Å². The Labute approximate surface area is 267 Å². The van der Waals surface area contributed by atoms with Gasteiger partial charge in [-0.2, -0.15) is 26.3 Å². The molecule has 2 aromatic carbocycles. The van der Waals surface area contributed by atoms with Crippen molar-refractivity contribution in [3.05, 3.63) is 71.8 Å². The van der Waals surface area contributed by atoms with Crippen LogP contribution in [0.5, 0.6) is 0 Å². The van der Waals surface area contributed by atoms with Crippen molar-refractivity contribution in [3.63, 3.8) is 0 Å². The fourth-order valence-corrected chi connectivity index (χ4v) is 11.1. The number of nitrogens with one attached hydrogen (secondary N) is 1. The van der Waals surface area contributed by atoms with E-state index in [1.165, 1.54) is 0 Å². The maximum atomic E-state index is 14.3. The van der Waals surface area contributed by atoms with Crippen LogP contribution in [0.25, 0.3) is 0 Å². The summed E-state index contributed by atoms with van der Waals surface area (Å²) in [6.07, 6.45) is -12.4. The molecule has 0 saturated heterocycles. The molecule has 0 amide bonds. The summed E-state index contributed by atoms with van der Waals surface area (Å²) >= 11 is 0. The van der Waals surface area contributed by atoms with Crippen LogP contribution in [0.3, 0.4) is 0 Å². The average Bonchev–Trinajstić information content (AvgIpc) is 2.93. The van der Waals surface area contributed by atoms with E-state index in [2.05, 4.69) is 4.72 Å². The highest BCUT2D eigenvalue weighted by molar-refractivity contribution is 8.13. The summed E-state index contributed by atoms with van der Waals surface area (Å²) in [6, 6.07) is 16.8. The van der Waals surface area contributed by atoms with Crippen LogP contribution in [-0.2, 0) is 35.0 Å². The monoisotopic (exact) mass is 723 g/mol. The molecule has 1 fully saturated rings. The maximum Gasteiger partial charge on any atom is 0.425 e.